The third kappa shape index (κ3) is 6.21. The molecule has 0 saturated carbocycles. The second-order valence-electron chi connectivity index (χ2n) is 5.62. The molecule has 0 aliphatic rings. The molecule has 0 fully saturated rings. The van der Waals surface area contributed by atoms with Crippen molar-refractivity contribution < 1.29 is 22.7 Å². The van der Waals surface area contributed by atoms with Gasteiger partial charge in [0.2, 0.25) is 15.9 Å². The fourth-order valence-electron chi connectivity index (χ4n) is 2.07. The number of anilines is 1. The van der Waals surface area contributed by atoms with E-state index in [1.165, 1.54) is 25.3 Å². The average Bonchev–Trinajstić information content (AvgIpc) is 2.54. The van der Waals surface area contributed by atoms with E-state index in [0.717, 1.165) is 17.0 Å². The van der Waals surface area contributed by atoms with Gasteiger partial charge >= 0.3 is 5.97 Å². The molecule has 0 heterocycles. The summed E-state index contributed by atoms with van der Waals surface area (Å²) >= 11 is 6.11. The third-order valence-electron chi connectivity index (χ3n) is 3.60. The lowest BCUT2D eigenvalue weighted by Gasteiger charge is -2.24. The van der Waals surface area contributed by atoms with Gasteiger partial charge in [0.05, 0.1) is 29.6 Å². The van der Waals surface area contributed by atoms with Crippen LogP contribution in [0.1, 0.15) is 37.0 Å². The summed E-state index contributed by atoms with van der Waals surface area (Å²) < 4.78 is 29.9. The van der Waals surface area contributed by atoms with Crippen molar-refractivity contribution in [1.29, 1.82) is 0 Å². The Bertz CT molecular complexity index is 736. The Labute approximate surface area is 153 Å². The van der Waals surface area contributed by atoms with Crippen molar-refractivity contribution in [2.75, 3.05) is 24.2 Å². The number of nitrogens with zero attached hydrogens (tertiary/aromatic N) is 1. The van der Waals surface area contributed by atoms with E-state index >= 15 is 0 Å². The number of benzene rings is 1. The summed E-state index contributed by atoms with van der Waals surface area (Å²) in [7, 11) is -2.48. The summed E-state index contributed by atoms with van der Waals surface area (Å²) in [5.41, 5.74) is 0.294. The van der Waals surface area contributed by atoms with Crippen LogP contribution in [0.5, 0.6) is 0 Å². The SMILES string of the molecule is CCC(C)NC(=O)CCN(c1cc(C(=O)OC)ccc1Cl)S(C)(=O)=O. The summed E-state index contributed by atoms with van der Waals surface area (Å²) in [6.45, 7) is 3.71. The maximum atomic E-state index is 12.1. The number of esters is 1. The molecule has 1 aromatic rings. The molecule has 9 heteroatoms. The fourth-order valence-corrected chi connectivity index (χ4v) is 3.27. The largest absolute Gasteiger partial charge is 0.465 e. The maximum absolute atomic E-state index is 12.1. The van der Waals surface area contributed by atoms with Crippen molar-refractivity contribution in [3.8, 4) is 0 Å². The van der Waals surface area contributed by atoms with Gasteiger partial charge in [-0.1, -0.05) is 18.5 Å². The first-order valence-electron chi connectivity index (χ1n) is 7.75. The summed E-state index contributed by atoms with van der Waals surface area (Å²) in [6.07, 6.45) is 1.76. The van der Waals surface area contributed by atoms with Gasteiger partial charge in [0.15, 0.2) is 0 Å². The number of hydrogen-bond acceptors (Lipinski definition) is 5. The standard InChI is InChI=1S/C16H23ClN2O5S/c1-5-11(2)18-15(20)8-9-19(25(4,22)23)14-10-12(16(21)24-3)6-7-13(14)17/h6-7,10-11H,5,8-9H2,1-4H3,(H,18,20). The lowest BCUT2D eigenvalue weighted by Crippen LogP contribution is -2.37. The minimum absolute atomic E-state index is 0.00502. The van der Waals surface area contributed by atoms with E-state index in [1.807, 2.05) is 13.8 Å². The Morgan fingerprint density at radius 3 is 2.52 bits per heavy atom. The first-order chi connectivity index (χ1) is 11.6. The highest BCUT2D eigenvalue weighted by atomic mass is 35.5. The van der Waals surface area contributed by atoms with Crippen molar-refractivity contribution in [1.82, 2.24) is 5.32 Å². The topological polar surface area (TPSA) is 92.8 Å². The highest BCUT2D eigenvalue weighted by Gasteiger charge is 2.23. The second kappa shape index (κ2) is 9.05. The Balaban J connectivity index is 3.08. The average molecular weight is 391 g/mol. The normalized spacial score (nSPS) is 12.4. The molecule has 0 radical (unpaired) electrons. The molecule has 0 aliphatic carbocycles. The molecule has 1 rings (SSSR count). The zero-order chi connectivity index (χ0) is 19.2. The predicted molar refractivity (Wildman–Crippen MR) is 97.5 cm³/mol. The van der Waals surface area contributed by atoms with Crippen LogP contribution in [0.25, 0.3) is 0 Å². The molecule has 1 amide bonds. The van der Waals surface area contributed by atoms with Crippen molar-refractivity contribution in [2.24, 2.45) is 0 Å². The predicted octanol–water partition coefficient (Wildman–Crippen LogP) is 2.20. The van der Waals surface area contributed by atoms with E-state index < -0.39 is 16.0 Å². The molecular formula is C16H23ClN2O5S. The number of sulfonamides is 1. The van der Waals surface area contributed by atoms with Crippen LogP contribution in [0.2, 0.25) is 5.02 Å². The number of ether oxygens (including phenoxy) is 1. The Hall–Kier alpha value is -1.80. The molecule has 1 atom stereocenters. The molecule has 0 saturated heterocycles. The summed E-state index contributed by atoms with van der Waals surface area (Å²) in [5.74, 6) is -0.871. The Kier molecular flexibility index (Phi) is 7.69. The lowest BCUT2D eigenvalue weighted by atomic mass is 10.2. The molecule has 0 bridgehead atoms. The molecule has 0 spiro atoms. The number of rotatable bonds is 8. The van der Waals surface area contributed by atoms with Crippen LogP contribution in [0, 0.1) is 0 Å². The van der Waals surface area contributed by atoms with Crippen LogP contribution in [-0.2, 0) is 19.6 Å². The van der Waals surface area contributed by atoms with E-state index in [0.29, 0.717) is 0 Å². The van der Waals surface area contributed by atoms with Crippen LogP contribution < -0.4 is 9.62 Å². The van der Waals surface area contributed by atoms with Crippen molar-refractivity contribution in [2.45, 2.75) is 32.7 Å². The third-order valence-corrected chi connectivity index (χ3v) is 5.10. The summed E-state index contributed by atoms with van der Waals surface area (Å²) in [6, 6.07) is 4.20. The van der Waals surface area contributed by atoms with E-state index in [-0.39, 0.29) is 41.2 Å². The number of carbonyl (C=O) groups is 2. The van der Waals surface area contributed by atoms with Crippen LogP contribution in [0.4, 0.5) is 5.69 Å². The van der Waals surface area contributed by atoms with Gasteiger partial charge in [-0.15, -0.1) is 0 Å². The zero-order valence-electron chi connectivity index (χ0n) is 14.7. The zero-order valence-corrected chi connectivity index (χ0v) is 16.3. The molecular weight excluding hydrogens is 368 g/mol. The summed E-state index contributed by atoms with van der Waals surface area (Å²) in [4.78, 5) is 23.6. The monoisotopic (exact) mass is 390 g/mol. The summed E-state index contributed by atoms with van der Waals surface area (Å²) in [5, 5.41) is 2.93. The van der Waals surface area contributed by atoms with Crippen molar-refractivity contribution in [3.63, 3.8) is 0 Å². The van der Waals surface area contributed by atoms with Crippen LogP contribution >= 0.6 is 11.6 Å². The Morgan fingerprint density at radius 1 is 1.36 bits per heavy atom. The van der Waals surface area contributed by atoms with Gasteiger partial charge in [-0.3, -0.25) is 9.10 Å². The number of nitrogens with one attached hydrogen (secondary N) is 1. The number of methoxy groups -OCH3 is 1. The van der Waals surface area contributed by atoms with E-state index in [2.05, 4.69) is 10.1 Å². The number of hydrogen-bond donors (Lipinski definition) is 1. The number of halogens is 1. The maximum Gasteiger partial charge on any atom is 0.337 e. The highest BCUT2D eigenvalue weighted by molar-refractivity contribution is 7.92. The van der Waals surface area contributed by atoms with Crippen molar-refractivity contribution >= 4 is 39.2 Å². The van der Waals surface area contributed by atoms with E-state index in [9.17, 15) is 18.0 Å². The Morgan fingerprint density at radius 2 is 2.00 bits per heavy atom. The van der Waals surface area contributed by atoms with E-state index in [4.69, 9.17) is 11.6 Å². The van der Waals surface area contributed by atoms with Gasteiger partial charge in [0.1, 0.15) is 0 Å². The lowest BCUT2D eigenvalue weighted by molar-refractivity contribution is -0.121. The fraction of sp³-hybridized carbons (Fsp3) is 0.500. The van der Waals surface area contributed by atoms with Crippen LogP contribution in [-0.4, -0.2) is 46.2 Å². The van der Waals surface area contributed by atoms with Gasteiger partial charge in [-0.25, -0.2) is 13.2 Å². The van der Waals surface area contributed by atoms with Gasteiger partial charge in [-0.05, 0) is 31.5 Å². The van der Waals surface area contributed by atoms with Gasteiger partial charge in [0.25, 0.3) is 0 Å². The first kappa shape index (κ1) is 21.2. The number of carbonyl (C=O) groups excluding carboxylic acids is 2. The molecule has 25 heavy (non-hydrogen) atoms. The highest BCUT2D eigenvalue weighted by Crippen LogP contribution is 2.29. The molecule has 1 unspecified atom stereocenters. The van der Waals surface area contributed by atoms with Crippen LogP contribution in [0.15, 0.2) is 18.2 Å². The van der Waals surface area contributed by atoms with Gasteiger partial charge in [0, 0.05) is 19.0 Å². The molecule has 0 aliphatic heterocycles. The molecule has 1 N–H and O–H groups in total. The first-order valence-corrected chi connectivity index (χ1v) is 9.97. The molecule has 1 aromatic carbocycles. The number of amides is 1. The van der Waals surface area contributed by atoms with Crippen LogP contribution in [0.3, 0.4) is 0 Å². The van der Waals surface area contributed by atoms with E-state index in [1.54, 1.807) is 0 Å². The van der Waals surface area contributed by atoms with Gasteiger partial charge < -0.3 is 10.1 Å². The molecule has 140 valence electrons. The second-order valence-corrected chi connectivity index (χ2v) is 7.93. The smallest absolute Gasteiger partial charge is 0.337 e. The molecule has 7 nitrogen and oxygen atoms in total. The molecule has 0 aromatic heterocycles. The quantitative estimate of drug-likeness (QED) is 0.687. The van der Waals surface area contributed by atoms with Crippen molar-refractivity contribution in [3.05, 3.63) is 28.8 Å². The van der Waals surface area contributed by atoms with Gasteiger partial charge in [-0.2, -0.15) is 0 Å². The minimum atomic E-state index is -3.70. The minimum Gasteiger partial charge on any atom is -0.465 e.